The van der Waals surface area contributed by atoms with Crippen molar-refractivity contribution in [2.45, 2.75) is 0 Å². The average molecular weight is 729 g/mol. The van der Waals surface area contributed by atoms with Crippen molar-refractivity contribution in [3.05, 3.63) is 218 Å². The lowest BCUT2D eigenvalue weighted by molar-refractivity contribution is 0.669. The van der Waals surface area contributed by atoms with Crippen molar-refractivity contribution in [2.75, 3.05) is 4.90 Å². The van der Waals surface area contributed by atoms with Gasteiger partial charge in [-0.2, -0.15) is 0 Å². The largest absolute Gasteiger partial charge is 0.456 e. The first-order valence-electron chi connectivity index (χ1n) is 19.4. The molecule has 0 saturated carbocycles. The Morgan fingerprint density at radius 2 is 0.789 bits per heavy atom. The molecule has 0 saturated heterocycles. The molecule has 3 nitrogen and oxygen atoms in total. The van der Waals surface area contributed by atoms with E-state index in [2.05, 4.69) is 216 Å². The molecule has 0 aliphatic carbocycles. The molecule has 2 aromatic heterocycles. The summed E-state index contributed by atoms with van der Waals surface area (Å²) in [5.74, 6) is 0. The maximum atomic E-state index is 6.23. The lowest BCUT2D eigenvalue weighted by atomic mass is 9.97. The molecule has 0 aliphatic rings. The van der Waals surface area contributed by atoms with E-state index in [-0.39, 0.29) is 0 Å². The lowest BCUT2D eigenvalue weighted by Crippen LogP contribution is -2.09. The van der Waals surface area contributed by atoms with Crippen molar-refractivity contribution >= 4 is 60.8 Å². The SMILES string of the molecule is c1ccc(-c2ccc(N(c3ccc(-c4ccc(-c5ccccc5)c(-n5c6ccccc6c6ccccc65)c4)cc3)c3ccc4oc5ccccc5c4c3)cc2)cc1. The van der Waals surface area contributed by atoms with E-state index in [4.69, 9.17) is 4.42 Å². The summed E-state index contributed by atoms with van der Waals surface area (Å²) in [6.45, 7) is 0. The topological polar surface area (TPSA) is 21.3 Å². The first kappa shape index (κ1) is 32.8. The van der Waals surface area contributed by atoms with Crippen molar-refractivity contribution in [1.29, 1.82) is 0 Å². The van der Waals surface area contributed by atoms with Gasteiger partial charge in [0, 0.05) is 44.2 Å². The third kappa shape index (κ3) is 5.68. The summed E-state index contributed by atoms with van der Waals surface area (Å²) in [6, 6.07) is 78.2. The molecule has 9 aromatic carbocycles. The zero-order valence-electron chi connectivity index (χ0n) is 31.1. The fourth-order valence-electron chi connectivity index (χ4n) is 8.48. The van der Waals surface area contributed by atoms with E-state index in [0.717, 1.165) is 55.8 Å². The number of aromatic nitrogens is 1. The van der Waals surface area contributed by atoms with Crippen LogP contribution in [0.2, 0.25) is 0 Å². The molecule has 57 heavy (non-hydrogen) atoms. The van der Waals surface area contributed by atoms with E-state index in [1.807, 2.05) is 12.1 Å². The number of furan rings is 1. The molecule has 0 spiro atoms. The number of hydrogen-bond acceptors (Lipinski definition) is 2. The van der Waals surface area contributed by atoms with Crippen LogP contribution in [-0.4, -0.2) is 4.57 Å². The quantitative estimate of drug-likeness (QED) is 0.163. The molecule has 0 bridgehead atoms. The van der Waals surface area contributed by atoms with E-state index in [1.54, 1.807) is 0 Å². The Morgan fingerprint density at radius 3 is 1.44 bits per heavy atom. The molecule has 0 aliphatic heterocycles. The Labute approximate surface area is 330 Å². The van der Waals surface area contributed by atoms with Crippen LogP contribution in [0, 0.1) is 0 Å². The molecule has 268 valence electrons. The highest BCUT2D eigenvalue weighted by atomic mass is 16.3. The van der Waals surface area contributed by atoms with E-state index in [0.29, 0.717) is 0 Å². The Kier molecular flexibility index (Phi) is 7.82. The molecule has 0 atom stereocenters. The summed E-state index contributed by atoms with van der Waals surface area (Å²) in [4.78, 5) is 2.34. The number of anilines is 3. The van der Waals surface area contributed by atoms with Crippen LogP contribution >= 0.6 is 0 Å². The van der Waals surface area contributed by atoms with Gasteiger partial charge in [-0.1, -0.05) is 152 Å². The van der Waals surface area contributed by atoms with Gasteiger partial charge >= 0.3 is 0 Å². The molecule has 0 amide bonds. The van der Waals surface area contributed by atoms with Crippen LogP contribution < -0.4 is 4.90 Å². The monoisotopic (exact) mass is 728 g/mol. The summed E-state index contributed by atoms with van der Waals surface area (Å²) in [6.07, 6.45) is 0. The van der Waals surface area contributed by atoms with E-state index in [1.165, 1.54) is 44.1 Å². The van der Waals surface area contributed by atoms with E-state index in [9.17, 15) is 0 Å². The summed E-state index contributed by atoms with van der Waals surface area (Å²) in [5, 5.41) is 4.71. The zero-order chi connectivity index (χ0) is 37.7. The first-order valence-corrected chi connectivity index (χ1v) is 19.4. The second-order valence-electron chi connectivity index (χ2n) is 14.5. The van der Waals surface area contributed by atoms with Crippen molar-refractivity contribution in [3.63, 3.8) is 0 Å². The van der Waals surface area contributed by atoms with E-state index < -0.39 is 0 Å². The average Bonchev–Trinajstić information content (AvgIpc) is 3.83. The van der Waals surface area contributed by atoms with Crippen molar-refractivity contribution < 1.29 is 4.42 Å². The van der Waals surface area contributed by atoms with Crippen LogP contribution in [0.4, 0.5) is 17.1 Å². The van der Waals surface area contributed by atoms with Gasteiger partial charge in [0.05, 0.1) is 16.7 Å². The fourth-order valence-corrected chi connectivity index (χ4v) is 8.48. The molecule has 0 radical (unpaired) electrons. The van der Waals surface area contributed by atoms with Gasteiger partial charge in [-0.05, 0) is 94.5 Å². The number of fused-ring (bicyclic) bond motifs is 6. The van der Waals surface area contributed by atoms with E-state index >= 15 is 0 Å². The van der Waals surface area contributed by atoms with Gasteiger partial charge in [0.2, 0.25) is 0 Å². The predicted octanol–water partition coefficient (Wildman–Crippen LogP) is 15.2. The summed E-state index contributed by atoms with van der Waals surface area (Å²) in [7, 11) is 0. The minimum Gasteiger partial charge on any atom is -0.456 e. The third-order valence-electron chi connectivity index (χ3n) is 11.2. The molecule has 0 unspecified atom stereocenters. The van der Waals surface area contributed by atoms with Crippen LogP contribution in [0.15, 0.2) is 223 Å². The predicted molar refractivity (Wildman–Crippen MR) is 239 cm³/mol. The van der Waals surface area contributed by atoms with Crippen molar-refractivity contribution in [3.8, 4) is 39.1 Å². The molecule has 3 heteroatoms. The Bertz CT molecular complexity index is 3160. The van der Waals surface area contributed by atoms with Gasteiger partial charge in [-0.3, -0.25) is 0 Å². The van der Waals surface area contributed by atoms with Crippen LogP contribution in [0.25, 0.3) is 82.8 Å². The smallest absolute Gasteiger partial charge is 0.135 e. The molecule has 2 heterocycles. The molecular formula is C54H36N2O. The molecular weight excluding hydrogens is 693 g/mol. The van der Waals surface area contributed by atoms with Crippen molar-refractivity contribution in [1.82, 2.24) is 4.57 Å². The normalized spacial score (nSPS) is 11.5. The number of rotatable bonds is 7. The Morgan fingerprint density at radius 1 is 0.316 bits per heavy atom. The second-order valence-corrected chi connectivity index (χ2v) is 14.5. The van der Waals surface area contributed by atoms with Crippen LogP contribution in [0.5, 0.6) is 0 Å². The minimum absolute atomic E-state index is 0.882. The Hall–Kier alpha value is -7.62. The van der Waals surface area contributed by atoms with Crippen LogP contribution in [0.1, 0.15) is 0 Å². The minimum atomic E-state index is 0.882. The van der Waals surface area contributed by atoms with Crippen molar-refractivity contribution in [2.24, 2.45) is 0 Å². The number of hydrogen-bond donors (Lipinski definition) is 0. The van der Waals surface area contributed by atoms with Gasteiger partial charge in [0.1, 0.15) is 11.2 Å². The summed E-state index contributed by atoms with van der Waals surface area (Å²) in [5.41, 5.74) is 15.6. The van der Waals surface area contributed by atoms with Crippen LogP contribution in [-0.2, 0) is 0 Å². The number of benzene rings is 9. The highest BCUT2D eigenvalue weighted by Gasteiger charge is 2.19. The summed E-state index contributed by atoms with van der Waals surface area (Å²) >= 11 is 0. The van der Waals surface area contributed by atoms with Gasteiger partial charge in [0.25, 0.3) is 0 Å². The van der Waals surface area contributed by atoms with Gasteiger partial charge < -0.3 is 13.9 Å². The standard InChI is InChI=1S/C54H36N2O/c1-3-13-37(14-4-1)38-23-28-42(29-24-38)55(44-32-34-54-49(36-44)48-19-9-12-22-53(48)57-54)43-30-25-39(26-31-43)41-27-33-45(40-15-5-2-6-16-40)52(35-41)56-50-20-10-7-17-46(50)47-18-8-11-21-51(47)56/h1-36H. The highest BCUT2D eigenvalue weighted by molar-refractivity contribution is 6.10. The molecule has 11 aromatic rings. The number of para-hydroxylation sites is 3. The number of nitrogens with zero attached hydrogens (tertiary/aromatic N) is 2. The summed E-state index contributed by atoms with van der Waals surface area (Å²) < 4.78 is 8.66. The first-order chi connectivity index (χ1) is 28.3. The lowest BCUT2D eigenvalue weighted by Gasteiger charge is -2.26. The fraction of sp³-hybridized carbons (Fsp3) is 0. The van der Waals surface area contributed by atoms with Gasteiger partial charge in [-0.15, -0.1) is 0 Å². The molecule has 0 N–H and O–H groups in total. The molecule has 11 rings (SSSR count). The zero-order valence-corrected chi connectivity index (χ0v) is 31.1. The second kappa shape index (κ2) is 13.6. The highest BCUT2D eigenvalue weighted by Crippen LogP contribution is 2.42. The van der Waals surface area contributed by atoms with Gasteiger partial charge in [0.15, 0.2) is 0 Å². The van der Waals surface area contributed by atoms with Crippen LogP contribution in [0.3, 0.4) is 0 Å². The Balaban J connectivity index is 1.04. The maximum Gasteiger partial charge on any atom is 0.135 e. The van der Waals surface area contributed by atoms with Gasteiger partial charge in [-0.25, -0.2) is 0 Å². The maximum absolute atomic E-state index is 6.23. The third-order valence-corrected chi connectivity index (χ3v) is 11.2. The molecule has 0 fully saturated rings.